The number of rotatable bonds is 3. The van der Waals surface area contributed by atoms with Crippen molar-refractivity contribution in [2.75, 3.05) is 13.1 Å². The first-order valence-electron chi connectivity index (χ1n) is 6.61. The molecule has 2 aromatic rings. The summed E-state index contributed by atoms with van der Waals surface area (Å²) in [6.45, 7) is 3.51. The molecule has 2 aromatic heterocycles. The van der Waals surface area contributed by atoms with E-state index in [1.807, 2.05) is 0 Å². The summed E-state index contributed by atoms with van der Waals surface area (Å²) >= 11 is 3.51. The third kappa shape index (κ3) is 2.99. The molecule has 1 saturated heterocycles. The number of hydrogen-bond acceptors (Lipinski definition) is 4. The maximum absolute atomic E-state index is 4.76. The maximum atomic E-state index is 4.76. The summed E-state index contributed by atoms with van der Waals surface area (Å²) in [4.78, 5) is 7.32. The van der Waals surface area contributed by atoms with E-state index in [1.54, 1.807) is 22.7 Å². The summed E-state index contributed by atoms with van der Waals surface area (Å²) in [7, 11) is 0. The minimum Gasteiger partial charge on any atom is -0.297 e. The Morgan fingerprint density at radius 1 is 1.11 bits per heavy atom. The van der Waals surface area contributed by atoms with Gasteiger partial charge in [-0.1, -0.05) is 12.8 Å². The molecule has 2 nitrogen and oxygen atoms in total. The number of thiophene rings is 1. The molecule has 4 heteroatoms. The first-order chi connectivity index (χ1) is 8.92. The zero-order chi connectivity index (χ0) is 12.2. The van der Waals surface area contributed by atoms with E-state index in [2.05, 4.69) is 27.1 Å². The topological polar surface area (TPSA) is 16.1 Å². The lowest BCUT2D eigenvalue weighted by Gasteiger charge is -2.17. The van der Waals surface area contributed by atoms with E-state index >= 15 is 0 Å². The van der Waals surface area contributed by atoms with Gasteiger partial charge in [-0.05, 0) is 37.4 Å². The van der Waals surface area contributed by atoms with Gasteiger partial charge in [0.1, 0.15) is 5.01 Å². The van der Waals surface area contributed by atoms with Gasteiger partial charge in [-0.25, -0.2) is 4.98 Å². The van der Waals surface area contributed by atoms with Crippen molar-refractivity contribution in [2.24, 2.45) is 0 Å². The first-order valence-corrected chi connectivity index (χ1v) is 8.43. The molecular formula is C14H18N2S2. The van der Waals surface area contributed by atoms with Crippen LogP contribution in [0.15, 0.2) is 22.2 Å². The molecule has 0 amide bonds. The molecule has 3 heterocycles. The highest BCUT2D eigenvalue weighted by atomic mass is 32.1. The molecule has 0 saturated carbocycles. The number of nitrogens with zero attached hydrogens (tertiary/aromatic N) is 2. The number of thiazole rings is 1. The van der Waals surface area contributed by atoms with Crippen molar-refractivity contribution in [3.05, 3.63) is 27.9 Å². The summed E-state index contributed by atoms with van der Waals surface area (Å²) in [5, 5.41) is 7.68. The van der Waals surface area contributed by atoms with E-state index in [0.29, 0.717) is 0 Å². The predicted octanol–water partition coefficient (Wildman–Crippen LogP) is 4.25. The highest BCUT2D eigenvalue weighted by Gasteiger charge is 2.12. The highest BCUT2D eigenvalue weighted by Crippen LogP contribution is 2.26. The van der Waals surface area contributed by atoms with E-state index < -0.39 is 0 Å². The second kappa shape index (κ2) is 5.95. The Kier molecular flexibility index (Phi) is 4.08. The Labute approximate surface area is 116 Å². The zero-order valence-electron chi connectivity index (χ0n) is 10.5. The van der Waals surface area contributed by atoms with Crippen molar-refractivity contribution in [3.8, 4) is 10.6 Å². The average Bonchev–Trinajstić information content (AvgIpc) is 2.98. The molecule has 1 fully saturated rings. The normalized spacial score (nSPS) is 17.8. The minimum atomic E-state index is 1.03. The van der Waals surface area contributed by atoms with E-state index in [1.165, 1.54) is 55.0 Å². The van der Waals surface area contributed by atoms with Gasteiger partial charge < -0.3 is 0 Å². The molecule has 0 aromatic carbocycles. The average molecular weight is 278 g/mol. The summed E-state index contributed by atoms with van der Waals surface area (Å²) in [6, 6.07) is 2.15. The second-order valence-electron chi connectivity index (χ2n) is 4.85. The molecule has 0 unspecified atom stereocenters. The molecule has 1 aliphatic rings. The smallest absolute Gasteiger partial charge is 0.124 e. The van der Waals surface area contributed by atoms with E-state index in [4.69, 9.17) is 4.98 Å². The fourth-order valence-electron chi connectivity index (χ4n) is 2.42. The van der Waals surface area contributed by atoms with Crippen LogP contribution in [0.1, 0.15) is 31.4 Å². The molecule has 96 valence electrons. The van der Waals surface area contributed by atoms with Gasteiger partial charge >= 0.3 is 0 Å². The van der Waals surface area contributed by atoms with Crippen molar-refractivity contribution < 1.29 is 0 Å². The molecule has 0 aliphatic carbocycles. The highest BCUT2D eigenvalue weighted by molar-refractivity contribution is 7.14. The standard InChI is InChI=1S/C14H18N2S2/c1-2-4-7-16(6-3-1)9-13-11-18-14(15-13)12-5-8-17-10-12/h5,8,10-11H,1-4,6-7,9H2. The van der Waals surface area contributed by atoms with Gasteiger partial charge in [0.2, 0.25) is 0 Å². The zero-order valence-corrected chi connectivity index (χ0v) is 12.1. The SMILES string of the molecule is c1cc(-c2nc(CN3CCCCCC3)cs2)cs1. The van der Waals surface area contributed by atoms with Gasteiger partial charge in [0, 0.05) is 22.9 Å². The largest absolute Gasteiger partial charge is 0.297 e. The summed E-state index contributed by atoms with van der Waals surface area (Å²) in [5.41, 5.74) is 2.51. The fraction of sp³-hybridized carbons (Fsp3) is 0.500. The molecule has 0 bridgehead atoms. The van der Waals surface area contributed by atoms with Gasteiger partial charge in [0.15, 0.2) is 0 Å². The fourth-order valence-corrected chi connectivity index (χ4v) is 3.94. The van der Waals surface area contributed by atoms with Crippen molar-refractivity contribution in [2.45, 2.75) is 32.2 Å². The lowest BCUT2D eigenvalue weighted by molar-refractivity contribution is 0.274. The molecule has 0 radical (unpaired) electrons. The first kappa shape index (κ1) is 12.3. The van der Waals surface area contributed by atoms with Crippen molar-refractivity contribution in [3.63, 3.8) is 0 Å². The van der Waals surface area contributed by atoms with Crippen LogP contribution in [0.25, 0.3) is 10.6 Å². The predicted molar refractivity (Wildman–Crippen MR) is 79.2 cm³/mol. The third-order valence-electron chi connectivity index (χ3n) is 3.40. The number of likely N-dealkylation sites (tertiary alicyclic amines) is 1. The quantitative estimate of drug-likeness (QED) is 0.834. The Morgan fingerprint density at radius 3 is 2.67 bits per heavy atom. The van der Waals surface area contributed by atoms with E-state index in [9.17, 15) is 0 Å². The molecule has 18 heavy (non-hydrogen) atoms. The van der Waals surface area contributed by atoms with Crippen LogP contribution in [-0.4, -0.2) is 23.0 Å². The monoisotopic (exact) mass is 278 g/mol. The van der Waals surface area contributed by atoms with Crippen molar-refractivity contribution in [1.29, 1.82) is 0 Å². The molecule has 0 atom stereocenters. The Bertz CT molecular complexity index is 468. The van der Waals surface area contributed by atoms with Gasteiger partial charge in [0.05, 0.1) is 5.69 Å². The lowest BCUT2D eigenvalue weighted by atomic mass is 10.2. The van der Waals surface area contributed by atoms with Crippen LogP contribution in [0.2, 0.25) is 0 Å². The second-order valence-corrected chi connectivity index (χ2v) is 6.48. The Morgan fingerprint density at radius 2 is 1.94 bits per heavy atom. The molecule has 1 aliphatic heterocycles. The van der Waals surface area contributed by atoms with Gasteiger partial charge in [-0.15, -0.1) is 11.3 Å². The summed E-state index contributed by atoms with van der Waals surface area (Å²) in [6.07, 6.45) is 5.49. The van der Waals surface area contributed by atoms with Gasteiger partial charge in [-0.3, -0.25) is 4.90 Å². The Balaban J connectivity index is 1.66. The molecule has 0 N–H and O–H groups in total. The van der Waals surface area contributed by atoms with Gasteiger partial charge in [0.25, 0.3) is 0 Å². The van der Waals surface area contributed by atoms with Crippen molar-refractivity contribution in [1.82, 2.24) is 9.88 Å². The summed E-state index contributed by atoms with van der Waals surface area (Å²) in [5.74, 6) is 0. The number of aromatic nitrogens is 1. The van der Waals surface area contributed by atoms with Crippen LogP contribution >= 0.6 is 22.7 Å². The minimum absolute atomic E-state index is 1.03. The van der Waals surface area contributed by atoms with Gasteiger partial charge in [-0.2, -0.15) is 11.3 Å². The number of hydrogen-bond donors (Lipinski definition) is 0. The molecule has 0 spiro atoms. The van der Waals surface area contributed by atoms with Crippen LogP contribution in [0.3, 0.4) is 0 Å². The van der Waals surface area contributed by atoms with Crippen LogP contribution in [0, 0.1) is 0 Å². The van der Waals surface area contributed by atoms with E-state index in [-0.39, 0.29) is 0 Å². The molecule has 3 rings (SSSR count). The van der Waals surface area contributed by atoms with Crippen LogP contribution in [0.5, 0.6) is 0 Å². The van der Waals surface area contributed by atoms with Crippen LogP contribution < -0.4 is 0 Å². The van der Waals surface area contributed by atoms with Crippen LogP contribution in [0.4, 0.5) is 0 Å². The third-order valence-corrected chi connectivity index (χ3v) is 5.03. The molecular weight excluding hydrogens is 260 g/mol. The maximum Gasteiger partial charge on any atom is 0.124 e. The van der Waals surface area contributed by atoms with Crippen LogP contribution in [-0.2, 0) is 6.54 Å². The van der Waals surface area contributed by atoms with Crippen molar-refractivity contribution >= 4 is 22.7 Å². The van der Waals surface area contributed by atoms with E-state index in [0.717, 1.165) is 6.54 Å². The summed E-state index contributed by atoms with van der Waals surface area (Å²) < 4.78 is 0. The lowest BCUT2D eigenvalue weighted by Crippen LogP contribution is -2.24. The Hall–Kier alpha value is -0.710.